The van der Waals surface area contributed by atoms with Crippen molar-refractivity contribution < 1.29 is 9.59 Å². The third kappa shape index (κ3) is 3.89. The molecule has 0 aliphatic rings. The van der Waals surface area contributed by atoms with Gasteiger partial charge in [0.15, 0.2) is 5.78 Å². The number of thiol groups is 5. The number of ketones is 1. The van der Waals surface area contributed by atoms with Crippen LogP contribution in [0, 0.1) is 0 Å². The number of carbonyl (C=O) groups is 2. The first-order valence-electron chi connectivity index (χ1n) is 6.11. The lowest BCUT2D eigenvalue weighted by atomic mass is 10.0. The molecular formula is C15H12O2S5. The molecule has 0 saturated carbocycles. The molecule has 0 aliphatic carbocycles. The number of benzene rings is 2. The molecule has 7 heteroatoms. The van der Waals surface area contributed by atoms with Crippen LogP contribution in [0.2, 0.25) is 0 Å². The van der Waals surface area contributed by atoms with Gasteiger partial charge >= 0.3 is 0 Å². The smallest absolute Gasteiger partial charge is 0.216 e. The Kier molecular flexibility index (Phi) is 6.01. The van der Waals surface area contributed by atoms with E-state index in [1.807, 2.05) is 0 Å². The predicted octanol–water partition coefficient (Wildman–Crippen LogP) is 4.48. The lowest BCUT2D eigenvalue weighted by molar-refractivity contribution is 0.0986. The van der Waals surface area contributed by atoms with Gasteiger partial charge in [-0.3, -0.25) is 9.59 Å². The fourth-order valence-corrected chi connectivity index (χ4v) is 3.12. The Labute approximate surface area is 156 Å². The van der Waals surface area contributed by atoms with E-state index < -0.39 is 5.25 Å². The fraction of sp³-hybridized carbons (Fsp3) is 0.0667. The summed E-state index contributed by atoms with van der Waals surface area (Å²) in [5.41, 5.74) is 1.59. The molecule has 0 amide bonds. The highest BCUT2D eigenvalue weighted by atomic mass is 32.1. The maximum Gasteiger partial charge on any atom is 0.216 e. The van der Waals surface area contributed by atoms with Gasteiger partial charge in [-0.05, 0) is 17.7 Å². The Bertz CT molecular complexity index is 740. The Morgan fingerprint density at radius 2 is 1.41 bits per heavy atom. The van der Waals surface area contributed by atoms with Gasteiger partial charge in [-0.25, -0.2) is 0 Å². The van der Waals surface area contributed by atoms with Gasteiger partial charge in [0.1, 0.15) is 0 Å². The molecule has 0 spiro atoms. The van der Waals surface area contributed by atoms with Crippen molar-refractivity contribution in [1.29, 1.82) is 0 Å². The van der Waals surface area contributed by atoms with Crippen LogP contribution in [0.4, 0.5) is 0 Å². The standard InChI is InChI=1S/C15H12O2S5/c16-13(9-5-11(19)12(20)6-10(9)18)14(21)7-1-3-8(4-2-7)15(17)22/h1-6,14,18-21H,(H,17,22). The van der Waals surface area contributed by atoms with Gasteiger partial charge in [0.2, 0.25) is 5.12 Å². The topological polar surface area (TPSA) is 34.1 Å². The Hall–Kier alpha value is -0.470. The van der Waals surface area contributed by atoms with Crippen LogP contribution in [0.15, 0.2) is 51.1 Å². The number of carbonyl (C=O) groups excluding carboxylic acids is 2. The quantitative estimate of drug-likeness (QED) is 0.398. The number of Topliss-reactive ketones (excluding diaryl/α,β-unsaturated/α-hetero) is 1. The largest absolute Gasteiger partial charge is 0.293 e. The van der Waals surface area contributed by atoms with Crippen LogP contribution in [0.1, 0.15) is 31.5 Å². The molecule has 0 saturated heterocycles. The van der Waals surface area contributed by atoms with E-state index in [0.717, 1.165) is 0 Å². The molecular weight excluding hydrogens is 372 g/mol. The molecule has 2 aromatic carbocycles. The summed E-state index contributed by atoms with van der Waals surface area (Å²) in [4.78, 5) is 25.5. The van der Waals surface area contributed by atoms with Gasteiger partial charge in [-0.1, -0.05) is 24.3 Å². The summed E-state index contributed by atoms with van der Waals surface area (Å²) in [6.45, 7) is 0. The van der Waals surface area contributed by atoms with Crippen molar-refractivity contribution in [2.75, 3.05) is 0 Å². The molecule has 2 rings (SSSR count). The summed E-state index contributed by atoms with van der Waals surface area (Å²) in [6, 6.07) is 9.90. The van der Waals surface area contributed by atoms with E-state index in [1.54, 1.807) is 36.4 Å². The summed E-state index contributed by atoms with van der Waals surface area (Å²) >= 11 is 21.0. The average molecular weight is 385 g/mol. The van der Waals surface area contributed by atoms with E-state index in [0.29, 0.717) is 31.4 Å². The first-order chi connectivity index (χ1) is 10.3. The molecule has 0 fully saturated rings. The van der Waals surface area contributed by atoms with Crippen LogP contribution in [0.25, 0.3) is 0 Å². The summed E-state index contributed by atoms with van der Waals surface area (Å²) in [5, 5.41) is -0.983. The first kappa shape index (κ1) is 17.9. The minimum Gasteiger partial charge on any atom is -0.293 e. The van der Waals surface area contributed by atoms with Crippen LogP contribution < -0.4 is 0 Å². The Morgan fingerprint density at radius 1 is 0.864 bits per heavy atom. The zero-order valence-electron chi connectivity index (χ0n) is 11.1. The highest BCUT2D eigenvalue weighted by Crippen LogP contribution is 2.31. The van der Waals surface area contributed by atoms with Gasteiger partial charge in [-0.2, -0.15) is 12.6 Å². The first-order valence-corrected chi connectivity index (χ1v) is 8.42. The molecule has 0 aromatic heterocycles. The molecule has 0 N–H and O–H groups in total. The SMILES string of the molecule is O=C(S)c1ccc(C(S)C(=O)c2cc(S)c(S)cc2S)cc1. The second-order valence-corrected chi connectivity index (χ2v) is 6.92. The van der Waals surface area contributed by atoms with E-state index in [1.165, 1.54) is 0 Å². The highest BCUT2D eigenvalue weighted by Gasteiger charge is 2.21. The second kappa shape index (κ2) is 7.40. The van der Waals surface area contributed by atoms with Crippen molar-refractivity contribution in [3.05, 3.63) is 53.1 Å². The maximum absolute atomic E-state index is 12.6. The molecule has 2 nitrogen and oxygen atoms in total. The minimum atomic E-state index is -0.659. The Morgan fingerprint density at radius 3 is 1.95 bits per heavy atom. The van der Waals surface area contributed by atoms with Crippen LogP contribution in [-0.4, -0.2) is 10.9 Å². The van der Waals surface area contributed by atoms with Crippen molar-refractivity contribution in [1.82, 2.24) is 0 Å². The summed E-state index contributed by atoms with van der Waals surface area (Å²) in [5.74, 6) is -0.193. The van der Waals surface area contributed by atoms with E-state index >= 15 is 0 Å². The van der Waals surface area contributed by atoms with Crippen molar-refractivity contribution in [3.63, 3.8) is 0 Å². The third-order valence-corrected chi connectivity index (χ3v) is 5.16. The minimum absolute atomic E-state index is 0.193. The molecule has 0 heterocycles. The van der Waals surface area contributed by atoms with E-state index in [9.17, 15) is 9.59 Å². The average Bonchev–Trinajstić information content (AvgIpc) is 2.49. The number of rotatable bonds is 4. The Balaban J connectivity index is 2.33. The van der Waals surface area contributed by atoms with Crippen molar-refractivity contribution >= 4 is 74.0 Å². The van der Waals surface area contributed by atoms with Gasteiger partial charge in [0.25, 0.3) is 0 Å². The van der Waals surface area contributed by atoms with Crippen LogP contribution >= 0.6 is 63.1 Å². The molecule has 22 heavy (non-hydrogen) atoms. The van der Waals surface area contributed by atoms with E-state index in [-0.39, 0.29) is 10.9 Å². The molecule has 1 atom stereocenters. The molecule has 1 unspecified atom stereocenters. The lowest BCUT2D eigenvalue weighted by Gasteiger charge is -2.13. The molecule has 0 radical (unpaired) electrons. The van der Waals surface area contributed by atoms with E-state index in [2.05, 4.69) is 63.1 Å². The van der Waals surface area contributed by atoms with E-state index in [4.69, 9.17) is 0 Å². The van der Waals surface area contributed by atoms with Crippen LogP contribution in [-0.2, 0) is 0 Å². The van der Waals surface area contributed by atoms with Gasteiger partial charge in [-0.15, -0.1) is 50.5 Å². The highest BCUT2D eigenvalue weighted by molar-refractivity contribution is 7.97. The molecule has 0 aliphatic heterocycles. The van der Waals surface area contributed by atoms with Gasteiger partial charge < -0.3 is 0 Å². The van der Waals surface area contributed by atoms with Crippen molar-refractivity contribution in [3.8, 4) is 0 Å². The van der Waals surface area contributed by atoms with Gasteiger partial charge in [0, 0.05) is 25.8 Å². The van der Waals surface area contributed by atoms with Crippen LogP contribution in [0.5, 0.6) is 0 Å². The zero-order valence-corrected chi connectivity index (χ0v) is 15.6. The van der Waals surface area contributed by atoms with Crippen molar-refractivity contribution in [2.24, 2.45) is 0 Å². The summed E-state index contributed by atoms with van der Waals surface area (Å²) in [7, 11) is 0. The fourth-order valence-electron chi connectivity index (χ4n) is 1.87. The molecule has 114 valence electrons. The summed E-state index contributed by atoms with van der Waals surface area (Å²) in [6.07, 6.45) is 0. The number of hydrogen-bond acceptors (Lipinski definition) is 6. The summed E-state index contributed by atoms with van der Waals surface area (Å²) < 4.78 is 0. The second-order valence-electron chi connectivity index (χ2n) is 4.55. The monoisotopic (exact) mass is 384 g/mol. The number of hydrogen-bond donors (Lipinski definition) is 5. The normalized spacial score (nSPS) is 12.0. The third-order valence-electron chi connectivity index (χ3n) is 3.08. The van der Waals surface area contributed by atoms with Crippen molar-refractivity contribution in [2.45, 2.75) is 19.9 Å². The lowest BCUT2D eigenvalue weighted by Crippen LogP contribution is -2.09. The van der Waals surface area contributed by atoms with Gasteiger partial charge in [0.05, 0.1) is 5.25 Å². The van der Waals surface area contributed by atoms with Crippen LogP contribution in [0.3, 0.4) is 0 Å². The maximum atomic E-state index is 12.6. The predicted molar refractivity (Wildman–Crippen MR) is 104 cm³/mol. The molecule has 2 aromatic rings. The zero-order chi connectivity index (χ0) is 16.4. The molecule has 0 bridgehead atoms.